The Balaban J connectivity index is 1.45. The quantitative estimate of drug-likeness (QED) is 0.183. The van der Waals surface area contributed by atoms with E-state index < -0.39 is 34.3 Å². The van der Waals surface area contributed by atoms with Gasteiger partial charge in [0, 0.05) is 17.8 Å². The van der Waals surface area contributed by atoms with Crippen molar-refractivity contribution in [1.29, 1.82) is 0 Å². The lowest BCUT2D eigenvalue weighted by molar-refractivity contribution is -0.384. The summed E-state index contributed by atoms with van der Waals surface area (Å²) >= 11 is 4.13. The van der Waals surface area contributed by atoms with Crippen LogP contribution in [0.3, 0.4) is 0 Å². The van der Waals surface area contributed by atoms with Crippen molar-refractivity contribution in [3.63, 3.8) is 0 Å². The summed E-state index contributed by atoms with van der Waals surface area (Å²) in [5.41, 5.74) is 1.54. The average molecular weight is 616 g/mol. The molecule has 200 valence electrons. The predicted molar refractivity (Wildman–Crippen MR) is 146 cm³/mol. The van der Waals surface area contributed by atoms with Gasteiger partial charge >= 0.3 is 0 Å². The van der Waals surface area contributed by atoms with Crippen LogP contribution in [-0.2, 0) is 16.2 Å². The van der Waals surface area contributed by atoms with Crippen molar-refractivity contribution in [2.24, 2.45) is 0 Å². The number of hydrogen-bond donors (Lipinski definition) is 1. The van der Waals surface area contributed by atoms with Gasteiger partial charge in [-0.1, -0.05) is 0 Å². The van der Waals surface area contributed by atoms with Crippen molar-refractivity contribution in [2.75, 3.05) is 19.0 Å². The Hall–Kier alpha value is -4.23. The molecule has 0 unspecified atom stereocenters. The topological polar surface area (TPSA) is 128 Å². The Morgan fingerprint density at radius 3 is 2.49 bits per heavy atom. The van der Waals surface area contributed by atoms with Crippen LogP contribution in [0.25, 0.3) is 6.08 Å². The molecule has 1 aliphatic rings. The molecule has 3 aromatic rings. The highest BCUT2D eigenvalue weighted by molar-refractivity contribution is 9.10. The van der Waals surface area contributed by atoms with Crippen molar-refractivity contribution in [1.82, 2.24) is 4.90 Å². The largest absolute Gasteiger partial charge is 0.493 e. The van der Waals surface area contributed by atoms with E-state index in [1.165, 1.54) is 49.6 Å². The molecule has 1 saturated heterocycles. The molecule has 0 aromatic heterocycles. The summed E-state index contributed by atoms with van der Waals surface area (Å²) in [5.74, 6) is -0.984. The van der Waals surface area contributed by atoms with Crippen molar-refractivity contribution in [3.05, 3.63) is 97.1 Å². The highest BCUT2D eigenvalue weighted by Gasteiger charge is 2.36. The standard InChI is InChI=1S/C26H19BrFN3O7S/c1-37-21-11-16(10-20(27)24(21)38-14-15-2-8-19(9-3-15)31(35)36)12-22-25(33)30(26(34)39-22)13-23(32)29-18-6-4-17(28)5-7-18/h2-12H,13-14H2,1H3,(H,29,32)/b22-12-. The first-order valence-corrected chi connectivity index (χ1v) is 12.8. The van der Waals surface area contributed by atoms with Crippen LogP contribution in [0.4, 0.5) is 20.6 Å². The molecule has 13 heteroatoms. The molecule has 1 N–H and O–H groups in total. The van der Waals surface area contributed by atoms with Gasteiger partial charge in [0.15, 0.2) is 11.5 Å². The Labute approximate surface area is 234 Å². The number of halogens is 2. The fraction of sp³-hybridized carbons (Fsp3) is 0.115. The van der Waals surface area contributed by atoms with E-state index in [0.717, 1.165) is 4.90 Å². The monoisotopic (exact) mass is 615 g/mol. The summed E-state index contributed by atoms with van der Waals surface area (Å²) in [4.78, 5) is 48.9. The number of benzene rings is 3. The number of nitro groups is 1. The summed E-state index contributed by atoms with van der Waals surface area (Å²) in [5, 5.41) is 12.7. The minimum atomic E-state index is -0.632. The van der Waals surface area contributed by atoms with Crippen LogP contribution < -0.4 is 14.8 Å². The molecule has 0 spiro atoms. The van der Waals surface area contributed by atoms with Crippen LogP contribution in [0.1, 0.15) is 11.1 Å². The van der Waals surface area contributed by atoms with Gasteiger partial charge in [-0.3, -0.25) is 29.4 Å². The highest BCUT2D eigenvalue weighted by Crippen LogP contribution is 2.39. The van der Waals surface area contributed by atoms with Gasteiger partial charge in [0.25, 0.3) is 16.8 Å². The first-order chi connectivity index (χ1) is 18.6. The van der Waals surface area contributed by atoms with E-state index in [9.17, 15) is 28.9 Å². The highest BCUT2D eigenvalue weighted by atomic mass is 79.9. The SMILES string of the molecule is COc1cc(/C=C2\SC(=O)N(CC(=O)Nc3ccc(F)cc3)C2=O)cc(Br)c1OCc1ccc([N+](=O)[O-])cc1. The fourth-order valence-electron chi connectivity index (χ4n) is 3.50. The van der Waals surface area contributed by atoms with Gasteiger partial charge in [-0.25, -0.2) is 4.39 Å². The van der Waals surface area contributed by atoms with E-state index in [0.29, 0.717) is 44.5 Å². The molecule has 0 radical (unpaired) electrons. The van der Waals surface area contributed by atoms with Crippen molar-refractivity contribution >= 4 is 62.2 Å². The van der Waals surface area contributed by atoms with Crippen LogP contribution in [0, 0.1) is 15.9 Å². The normalized spacial score (nSPS) is 14.0. The van der Waals surface area contributed by atoms with Gasteiger partial charge in [0.1, 0.15) is 19.0 Å². The zero-order valence-corrected chi connectivity index (χ0v) is 22.6. The summed E-state index contributed by atoms with van der Waals surface area (Å²) < 4.78 is 24.9. The molecule has 1 fully saturated rings. The Morgan fingerprint density at radius 1 is 1.15 bits per heavy atom. The number of non-ortho nitro benzene ring substituents is 1. The molecule has 1 heterocycles. The molecule has 39 heavy (non-hydrogen) atoms. The lowest BCUT2D eigenvalue weighted by atomic mass is 10.1. The minimum Gasteiger partial charge on any atom is -0.493 e. The zero-order valence-electron chi connectivity index (χ0n) is 20.2. The van der Waals surface area contributed by atoms with E-state index in [1.54, 1.807) is 24.3 Å². The van der Waals surface area contributed by atoms with Crippen LogP contribution in [0.5, 0.6) is 11.5 Å². The van der Waals surface area contributed by atoms with Crippen molar-refractivity contribution in [3.8, 4) is 11.5 Å². The molecule has 0 saturated carbocycles. The zero-order chi connectivity index (χ0) is 28.1. The van der Waals surface area contributed by atoms with Gasteiger partial charge in [0.2, 0.25) is 5.91 Å². The molecule has 3 amide bonds. The van der Waals surface area contributed by atoms with Gasteiger partial charge in [-0.05, 0) is 93.4 Å². The summed E-state index contributed by atoms with van der Waals surface area (Å²) in [6.45, 7) is -0.382. The number of rotatable bonds is 9. The van der Waals surface area contributed by atoms with E-state index in [2.05, 4.69) is 21.2 Å². The van der Waals surface area contributed by atoms with Gasteiger partial charge in [-0.2, -0.15) is 0 Å². The number of ether oxygens (including phenoxy) is 2. The molecule has 3 aromatic carbocycles. The second-order valence-electron chi connectivity index (χ2n) is 8.07. The number of methoxy groups -OCH3 is 1. The molecule has 0 aliphatic carbocycles. The lowest BCUT2D eigenvalue weighted by Gasteiger charge is -2.14. The number of imide groups is 1. The first-order valence-electron chi connectivity index (χ1n) is 11.2. The second-order valence-corrected chi connectivity index (χ2v) is 9.92. The number of anilines is 1. The molecule has 0 bridgehead atoms. The third-order valence-corrected chi connectivity index (χ3v) is 6.88. The predicted octanol–water partition coefficient (Wildman–Crippen LogP) is 5.76. The number of hydrogen-bond acceptors (Lipinski definition) is 8. The van der Waals surface area contributed by atoms with Crippen LogP contribution in [-0.4, -0.2) is 40.5 Å². The minimum absolute atomic E-state index is 0.0280. The molecular weight excluding hydrogens is 597 g/mol. The number of carbonyl (C=O) groups is 3. The molecular formula is C26H19BrFN3O7S. The van der Waals surface area contributed by atoms with Crippen molar-refractivity contribution in [2.45, 2.75) is 6.61 Å². The summed E-state index contributed by atoms with van der Waals surface area (Å²) in [7, 11) is 1.44. The molecule has 1 aliphatic heterocycles. The fourth-order valence-corrected chi connectivity index (χ4v) is 4.91. The second kappa shape index (κ2) is 12.1. The summed E-state index contributed by atoms with van der Waals surface area (Å²) in [6, 6.07) is 14.3. The number of nitrogens with one attached hydrogen (secondary N) is 1. The number of nitrogens with zero attached hydrogens (tertiary/aromatic N) is 2. The van der Waals surface area contributed by atoms with Crippen LogP contribution in [0.2, 0.25) is 0 Å². The summed E-state index contributed by atoms with van der Waals surface area (Å²) in [6.07, 6.45) is 1.50. The Bertz CT molecular complexity index is 1480. The van der Waals surface area contributed by atoms with E-state index in [4.69, 9.17) is 9.47 Å². The third-order valence-electron chi connectivity index (χ3n) is 5.38. The van der Waals surface area contributed by atoms with E-state index in [1.807, 2.05) is 0 Å². The maximum Gasteiger partial charge on any atom is 0.294 e. The number of amides is 3. The first kappa shape index (κ1) is 27.8. The van der Waals surface area contributed by atoms with E-state index >= 15 is 0 Å². The van der Waals surface area contributed by atoms with Gasteiger partial charge in [0.05, 0.1) is 21.4 Å². The Morgan fingerprint density at radius 2 is 1.85 bits per heavy atom. The number of carbonyl (C=O) groups excluding carboxylic acids is 3. The maximum atomic E-state index is 13.1. The molecule has 10 nitrogen and oxygen atoms in total. The van der Waals surface area contributed by atoms with E-state index in [-0.39, 0.29) is 17.2 Å². The van der Waals surface area contributed by atoms with Crippen molar-refractivity contribution < 1.29 is 33.2 Å². The van der Waals surface area contributed by atoms with Crippen LogP contribution >= 0.6 is 27.7 Å². The number of thioether (sulfide) groups is 1. The smallest absolute Gasteiger partial charge is 0.294 e. The molecule has 4 rings (SSSR count). The third kappa shape index (κ3) is 6.81. The van der Waals surface area contributed by atoms with Crippen LogP contribution in [0.15, 0.2) is 70.0 Å². The van der Waals surface area contributed by atoms with Gasteiger partial charge < -0.3 is 14.8 Å². The van der Waals surface area contributed by atoms with Gasteiger partial charge in [-0.15, -0.1) is 0 Å². The lowest BCUT2D eigenvalue weighted by Crippen LogP contribution is -2.36. The Kier molecular flexibility index (Phi) is 8.62. The average Bonchev–Trinajstić information content (AvgIpc) is 3.16. The maximum absolute atomic E-state index is 13.1. The molecule has 0 atom stereocenters. The number of nitro benzene ring substituents is 1.